The van der Waals surface area contributed by atoms with Crippen molar-refractivity contribution in [2.45, 2.75) is 30.1 Å². The number of hydrogen-bond acceptors (Lipinski definition) is 4. The van der Waals surface area contributed by atoms with Crippen LogP contribution in [-0.4, -0.2) is 27.4 Å². The first-order valence-electron chi connectivity index (χ1n) is 21.4. The number of hydrogen-bond donors (Lipinski definition) is 0. The zero-order valence-corrected chi connectivity index (χ0v) is 34.1. The molecular formula is C56H39N3OS. The van der Waals surface area contributed by atoms with Crippen molar-refractivity contribution in [1.29, 1.82) is 0 Å². The Hall–Kier alpha value is -6.95. The standard InChI is InChI=1S/C56H39N3OS/c1-4-16-34(17-5-1)37-30-31-45-44(32-37)50-39-23-11-10-22-38(39)43(35-18-6-2-7-19-35)33-47(50)59(45)46-27-14-25-41-51-42(26-15-28-48(51)60-54(41)46)56-57-52(36-20-8-3-9-21-36)55-53(58-56)40-24-12-13-29-49(40)61-55/h1-11,13-23,25-33,38-39,53,55H,12,24H2. The van der Waals surface area contributed by atoms with Gasteiger partial charge >= 0.3 is 0 Å². The van der Waals surface area contributed by atoms with Gasteiger partial charge in [0.05, 0.1) is 33.9 Å². The Labute approximate surface area is 358 Å². The lowest BCUT2D eigenvalue weighted by molar-refractivity contribution is 0.665. The van der Waals surface area contributed by atoms with Crippen LogP contribution in [0, 0.1) is 5.92 Å². The van der Waals surface area contributed by atoms with Crippen molar-refractivity contribution in [2.75, 3.05) is 0 Å². The zero-order valence-electron chi connectivity index (χ0n) is 33.3. The Bertz CT molecular complexity index is 3340. The minimum absolute atomic E-state index is 0.0493. The zero-order chi connectivity index (χ0) is 40.0. The molecule has 0 fully saturated rings. The van der Waals surface area contributed by atoms with Crippen molar-refractivity contribution < 1.29 is 4.42 Å². The average Bonchev–Trinajstić information content (AvgIpc) is 4.01. The van der Waals surface area contributed by atoms with Gasteiger partial charge in [0.15, 0.2) is 11.4 Å². The van der Waals surface area contributed by atoms with Gasteiger partial charge in [-0.3, -0.25) is 4.99 Å². The number of aromatic nitrogens is 1. The van der Waals surface area contributed by atoms with Crippen LogP contribution < -0.4 is 0 Å². The molecule has 61 heavy (non-hydrogen) atoms. The number of benzene rings is 6. The fourth-order valence-electron chi connectivity index (χ4n) is 10.5. The molecule has 5 aliphatic rings. The highest BCUT2D eigenvalue weighted by atomic mass is 32.2. The number of amidine groups is 1. The summed E-state index contributed by atoms with van der Waals surface area (Å²) in [5, 5.41) is 3.53. The monoisotopic (exact) mass is 801 g/mol. The predicted molar refractivity (Wildman–Crippen MR) is 255 cm³/mol. The van der Waals surface area contributed by atoms with E-state index in [4.69, 9.17) is 14.4 Å². The van der Waals surface area contributed by atoms with E-state index in [1.807, 2.05) is 11.8 Å². The lowest BCUT2D eigenvalue weighted by atomic mass is 9.72. The van der Waals surface area contributed by atoms with Crippen molar-refractivity contribution in [3.63, 3.8) is 0 Å². The SMILES string of the molecule is C1=CC2C(c3ccccc3)=Cc3c(c4cc(-c5ccccc5)ccc4n3-c3cccc4c3oc3cccc(C5=NC6C7=C(C=CCC7)SC6C(c6ccccc6)=N5)c34)C2C=C1. The summed E-state index contributed by atoms with van der Waals surface area (Å²) in [6, 6.07) is 52.3. The number of thioether (sulfide) groups is 1. The first-order chi connectivity index (χ1) is 30.3. The molecule has 0 N–H and O–H groups in total. The van der Waals surface area contributed by atoms with Gasteiger partial charge in [-0.25, -0.2) is 4.99 Å². The van der Waals surface area contributed by atoms with Gasteiger partial charge in [-0.15, -0.1) is 11.8 Å². The Kier molecular flexibility index (Phi) is 7.89. The normalized spacial score (nSPS) is 21.3. The van der Waals surface area contributed by atoms with Crippen molar-refractivity contribution >= 4 is 67.8 Å². The molecule has 290 valence electrons. The molecule has 0 saturated heterocycles. The maximum Gasteiger partial charge on any atom is 0.159 e. The molecule has 0 amide bonds. The summed E-state index contributed by atoms with van der Waals surface area (Å²) in [5.41, 5.74) is 16.1. The number of furan rings is 1. The number of aliphatic imine (C=N–C) groups is 2. The van der Waals surface area contributed by atoms with Crippen LogP contribution in [0.3, 0.4) is 0 Å². The fraction of sp³-hybridized carbons (Fsp3) is 0.107. The lowest BCUT2D eigenvalue weighted by Gasteiger charge is -2.32. The fourth-order valence-corrected chi connectivity index (χ4v) is 12.0. The van der Waals surface area contributed by atoms with E-state index < -0.39 is 0 Å². The van der Waals surface area contributed by atoms with Crippen molar-refractivity contribution in [3.05, 3.63) is 220 Å². The smallest absolute Gasteiger partial charge is 0.159 e. The Morgan fingerprint density at radius 2 is 1.43 bits per heavy atom. The number of nitrogens with zero attached hydrogens (tertiary/aromatic N) is 3. The Balaban J connectivity index is 1.05. The predicted octanol–water partition coefficient (Wildman–Crippen LogP) is 13.9. The maximum atomic E-state index is 7.08. The first-order valence-corrected chi connectivity index (χ1v) is 22.2. The van der Waals surface area contributed by atoms with Crippen molar-refractivity contribution in [1.82, 2.24) is 4.57 Å². The molecule has 4 nitrogen and oxygen atoms in total. The van der Waals surface area contributed by atoms with E-state index in [1.165, 1.54) is 49.4 Å². The highest BCUT2D eigenvalue weighted by Gasteiger charge is 2.42. The number of para-hydroxylation sites is 1. The van der Waals surface area contributed by atoms with Crippen LogP contribution in [0.5, 0.6) is 0 Å². The second kappa shape index (κ2) is 13.8. The summed E-state index contributed by atoms with van der Waals surface area (Å²) in [6.07, 6.45) is 18.4. The van der Waals surface area contributed by atoms with E-state index in [0.29, 0.717) is 0 Å². The highest BCUT2D eigenvalue weighted by Crippen LogP contribution is 2.52. The molecule has 4 heterocycles. The van der Waals surface area contributed by atoms with Gasteiger partial charge in [-0.1, -0.05) is 158 Å². The summed E-state index contributed by atoms with van der Waals surface area (Å²) < 4.78 is 9.54. The summed E-state index contributed by atoms with van der Waals surface area (Å²) >= 11 is 1.93. The molecule has 4 unspecified atom stereocenters. The quantitative estimate of drug-likeness (QED) is 0.174. The molecule has 0 spiro atoms. The molecule has 5 heteroatoms. The van der Waals surface area contributed by atoms with Gasteiger partial charge < -0.3 is 8.98 Å². The van der Waals surface area contributed by atoms with E-state index in [0.717, 1.165) is 68.7 Å². The number of allylic oxidation sites excluding steroid dienone is 7. The molecule has 2 aromatic heterocycles. The van der Waals surface area contributed by atoms with Gasteiger partial charge in [0.2, 0.25) is 0 Å². The third-order valence-electron chi connectivity index (χ3n) is 13.3. The van der Waals surface area contributed by atoms with Crippen LogP contribution in [0.1, 0.15) is 46.7 Å². The van der Waals surface area contributed by atoms with Crippen LogP contribution in [0.2, 0.25) is 0 Å². The minimum Gasteiger partial charge on any atom is -0.454 e. The van der Waals surface area contributed by atoms with Gasteiger partial charge in [0.1, 0.15) is 5.58 Å². The summed E-state index contributed by atoms with van der Waals surface area (Å²) in [4.78, 5) is 12.4. The van der Waals surface area contributed by atoms with E-state index in [-0.39, 0.29) is 23.1 Å². The number of rotatable bonds is 5. The summed E-state index contributed by atoms with van der Waals surface area (Å²) in [7, 11) is 0. The topological polar surface area (TPSA) is 42.8 Å². The van der Waals surface area contributed by atoms with Crippen LogP contribution in [0.15, 0.2) is 207 Å². The summed E-state index contributed by atoms with van der Waals surface area (Å²) in [6.45, 7) is 0. The molecule has 8 aromatic rings. The maximum absolute atomic E-state index is 7.08. The largest absolute Gasteiger partial charge is 0.454 e. The van der Waals surface area contributed by atoms with Gasteiger partial charge in [0, 0.05) is 38.5 Å². The average molecular weight is 802 g/mol. The van der Waals surface area contributed by atoms with Crippen molar-refractivity contribution in [3.8, 4) is 16.8 Å². The molecule has 3 aliphatic carbocycles. The second-order valence-electron chi connectivity index (χ2n) is 16.6. The molecule has 0 saturated carbocycles. The van der Waals surface area contributed by atoms with Crippen LogP contribution >= 0.6 is 11.8 Å². The molecule has 4 atom stereocenters. The highest BCUT2D eigenvalue weighted by molar-refractivity contribution is 8.05. The summed E-state index contributed by atoms with van der Waals surface area (Å²) in [5.74, 6) is 1.17. The second-order valence-corrected chi connectivity index (χ2v) is 17.8. The van der Waals surface area contributed by atoms with Crippen LogP contribution in [0.4, 0.5) is 0 Å². The Morgan fingerprint density at radius 1 is 0.672 bits per heavy atom. The lowest BCUT2D eigenvalue weighted by Crippen LogP contribution is -2.34. The van der Waals surface area contributed by atoms with E-state index >= 15 is 0 Å². The van der Waals surface area contributed by atoms with E-state index in [9.17, 15) is 0 Å². The third kappa shape index (κ3) is 5.40. The molecule has 2 aliphatic heterocycles. The van der Waals surface area contributed by atoms with Gasteiger partial charge in [-0.2, -0.15) is 0 Å². The van der Waals surface area contributed by atoms with Crippen LogP contribution in [-0.2, 0) is 0 Å². The number of fused-ring (bicyclic) bond motifs is 10. The van der Waals surface area contributed by atoms with Crippen molar-refractivity contribution in [2.24, 2.45) is 15.9 Å². The molecule has 0 bridgehead atoms. The molecule has 13 rings (SSSR count). The molecular weight excluding hydrogens is 763 g/mol. The first kappa shape index (κ1) is 34.9. The van der Waals surface area contributed by atoms with Gasteiger partial charge in [-0.05, 0) is 82.1 Å². The van der Waals surface area contributed by atoms with Gasteiger partial charge in [0.25, 0.3) is 0 Å². The third-order valence-corrected chi connectivity index (χ3v) is 14.6. The molecule has 0 radical (unpaired) electrons. The Morgan fingerprint density at radius 3 is 2.25 bits per heavy atom. The van der Waals surface area contributed by atoms with E-state index in [1.54, 1.807) is 0 Å². The van der Waals surface area contributed by atoms with E-state index in [2.05, 4.69) is 193 Å². The molecule has 6 aromatic carbocycles. The van der Waals surface area contributed by atoms with Crippen LogP contribution in [0.25, 0.3) is 61.3 Å². The minimum atomic E-state index is 0.0493.